The Morgan fingerprint density at radius 2 is 2.17 bits per heavy atom. The van der Waals surface area contributed by atoms with Crippen molar-refractivity contribution in [3.05, 3.63) is 65.5 Å². The fraction of sp³-hybridized carbons (Fsp3) is 0.278. The summed E-state index contributed by atoms with van der Waals surface area (Å²) in [5.74, 6) is 0.652. The van der Waals surface area contributed by atoms with Crippen molar-refractivity contribution in [2.45, 2.75) is 33.6 Å². The van der Waals surface area contributed by atoms with E-state index in [2.05, 4.69) is 28.0 Å². The van der Waals surface area contributed by atoms with E-state index < -0.39 is 0 Å². The minimum Gasteiger partial charge on any atom is -0.378 e. The maximum absolute atomic E-state index is 5.66. The molecule has 2 aromatic heterocycles. The Kier molecular flexibility index (Phi) is 9.40. The molecule has 0 aliphatic heterocycles. The molecular formula is C18H24N4S. The third kappa shape index (κ3) is 8.78. The van der Waals surface area contributed by atoms with Crippen LogP contribution in [0.1, 0.15) is 31.4 Å². The summed E-state index contributed by atoms with van der Waals surface area (Å²) in [6.07, 6.45) is 9.71. The molecule has 0 unspecified atom stereocenters. The van der Waals surface area contributed by atoms with E-state index in [1.54, 1.807) is 12.4 Å². The molecule has 0 radical (unpaired) electrons. The van der Waals surface area contributed by atoms with E-state index in [1.165, 1.54) is 23.7 Å². The fourth-order valence-electron chi connectivity index (χ4n) is 1.69. The van der Waals surface area contributed by atoms with Crippen LogP contribution >= 0.6 is 11.8 Å². The van der Waals surface area contributed by atoms with E-state index in [-0.39, 0.29) is 0 Å². The molecule has 0 atom stereocenters. The van der Waals surface area contributed by atoms with Crippen LogP contribution in [-0.4, -0.2) is 15.1 Å². The van der Waals surface area contributed by atoms with Crippen molar-refractivity contribution in [1.82, 2.24) is 9.97 Å². The molecule has 4 nitrogen and oxygen atoms in total. The van der Waals surface area contributed by atoms with E-state index in [0.29, 0.717) is 11.0 Å². The molecule has 0 fully saturated rings. The normalized spacial score (nSPS) is 11.2. The Bertz CT molecular complexity index is 624. The zero-order valence-electron chi connectivity index (χ0n) is 13.9. The predicted octanol–water partition coefficient (Wildman–Crippen LogP) is 4.64. The molecule has 0 saturated heterocycles. The summed E-state index contributed by atoms with van der Waals surface area (Å²) in [6.45, 7) is 6.11. The standard InChI is InChI=1S/C10H13N3S.C8H11N/c1-3-6-14-10(11)13-9-7-8(2)4-5-12-9;1-2-4-8-5-3-6-9-7-8/h3-7H,1-2H3,(H2,11,12,13);3,5-7H,2,4H2,1H3/b6-3+;. The average molecular weight is 328 g/mol. The number of aliphatic imine (C=N–C) groups is 1. The topological polar surface area (TPSA) is 64.2 Å². The first-order valence-corrected chi connectivity index (χ1v) is 8.47. The Hall–Kier alpha value is -2.14. The minimum atomic E-state index is 0.501. The van der Waals surface area contributed by atoms with Gasteiger partial charge in [-0.15, -0.1) is 0 Å². The Morgan fingerprint density at radius 1 is 1.35 bits per heavy atom. The van der Waals surface area contributed by atoms with Crippen molar-refractivity contribution in [3.63, 3.8) is 0 Å². The van der Waals surface area contributed by atoms with E-state index in [9.17, 15) is 0 Å². The van der Waals surface area contributed by atoms with Gasteiger partial charge in [0.1, 0.15) is 0 Å². The van der Waals surface area contributed by atoms with Crippen LogP contribution in [0.3, 0.4) is 0 Å². The summed E-state index contributed by atoms with van der Waals surface area (Å²) < 4.78 is 0. The lowest BCUT2D eigenvalue weighted by molar-refractivity contribution is 0.914. The van der Waals surface area contributed by atoms with Crippen LogP contribution in [0.4, 0.5) is 5.82 Å². The van der Waals surface area contributed by atoms with E-state index in [1.807, 2.05) is 49.7 Å². The molecule has 23 heavy (non-hydrogen) atoms. The van der Waals surface area contributed by atoms with Crippen molar-refractivity contribution in [2.24, 2.45) is 10.7 Å². The van der Waals surface area contributed by atoms with Gasteiger partial charge in [0.05, 0.1) is 0 Å². The Morgan fingerprint density at radius 3 is 2.78 bits per heavy atom. The number of nitrogens with two attached hydrogens (primary N) is 1. The number of thioether (sulfide) groups is 1. The van der Waals surface area contributed by atoms with Gasteiger partial charge in [-0.2, -0.15) is 0 Å². The maximum atomic E-state index is 5.66. The van der Waals surface area contributed by atoms with Gasteiger partial charge in [-0.1, -0.05) is 37.2 Å². The molecule has 0 aromatic carbocycles. The summed E-state index contributed by atoms with van der Waals surface area (Å²) >= 11 is 1.38. The smallest absolute Gasteiger partial charge is 0.165 e. The molecule has 2 heterocycles. The number of aromatic nitrogens is 2. The highest BCUT2D eigenvalue weighted by Gasteiger charge is 1.93. The maximum Gasteiger partial charge on any atom is 0.165 e. The van der Waals surface area contributed by atoms with Crippen molar-refractivity contribution < 1.29 is 0 Å². The molecule has 2 rings (SSSR count). The van der Waals surface area contributed by atoms with Gasteiger partial charge in [0, 0.05) is 18.6 Å². The van der Waals surface area contributed by atoms with Gasteiger partial charge in [0.15, 0.2) is 11.0 Å². The molecule has 122 valence electrons. The van der Waals surface area contributed by atoms with Gasteiger partial charge >= 0.3 is 0 Å². The third-order valence-electron chi connectivity index (χ3n) is 2.71. The van der Waals surface area contributed by atoms with E-state index in [4.69, 9.17) is 5.73 Å². The number of allylic oxidation sites excluding steroid dienone is 1. The quantitative estimate of drug-likeness (QED) is 0.656. The number of aryl methyl sites for hydroxylation is 2. The molecule has 0 aliphatic carbocycles. The second-order valence-corrected chi connectivity index (χ2v) is 5.77. The number of rotatable bonds is 4. The zero-order valence-corrected chi connectivity index (χ0v) is 14.8. The molecule has 5 heteroatoms. The van der Waals surface area contributed by atoms with Gasteiger partial charge in [-0.05, 0) is 55.0 Å². The zero-order chi connectivity index (χ0) is 16.9. The first-order valence-electron chi connectivity index (χ1n) is 7.59. The second kappa shape index (κ2) is 11.4. The van der Waals surface area contributed by atoms with Gasteiger partial charge in [-0.3, -0.25) is 4.98 Å². The molecule has 0 bridgehead atoms. The lowest BCUT2D eigenvalue weighted by atomic mass is 10.2. The Labute approximate surface area is 143 Å². The van der Waals surface area contributed by atoms with Gasteiger partial charge in [0.2, 0.25) is 0 Å². The highest BCUT2D eigenvalue weighted by atomic mass is 32.2. The molecule has 2 N–H and O–H groups in total. The first-order chi connectivity index (χ1) is 11.2. The number of amidine groups is 1. The van der Waals surface area contributed by atoms with Crippen LogP contribution in [-0.2, 0) is 6.42 Å². The van der Waals surface area contributed by atoms with Crippen LogP contribution in [0.25, 0.3) is 0 Å². The second-order valence-electron chi connectivity index (χ2n) is 4.84. The van der Waals surface area contributed by atoms with Crippen LogP contribution in [0.2, 0.25) is 0 Å². The Balaban J connectivity index is 0.000000253. The highest BCUT2D eigenvalue weighted by Crippen LogP contribution is 2.12. The summed E-state index contributed by atoms with van der Waals surface area (Å²) in [5, 5.41) is 2.38. The van der Waals surface area contributed by atoms with Gasteiger partial charge < -0.3 is 5.73 Å². The molecule has 2 aromatic rings. The number of pyridine rings is 2. The van der Waals surface area contributed by atoms with Crippen LogP contribution in [0.5, 0.6) is 0 Å². The largest absolute Gasteiger partial charge is 0.378 e. The molecule has 0 amide bonds. The molecule has 0 spiro atoms. The predicted molar refractivity (Wildman–Crippen MR) is 101 cm³/mol. The average Bonchev–Trinajstić information content (AvgIpc) is 2.55. The van der Waals surface area contributed by atoms with Crippen molar-refractivity contribution >= 4 is 22.7 Å². The summed E-state index contributed by atoms with van der Waals surface area (Å²) in [7, 11) is 0. The lowest BCUT2D eigenvalue weighted by Crippen LogP contribution is -2.04. The number of hydrogen-bond acceptors (Lipinski definition) is 4. The van der Waals surface area contributed by atoms with Crippen LogP contribution in [0, 0.1) is 6.92 Å². The minimum absolute atomic E-state index is 0.501. The van der Waals surface area contributed by atoms with Crippen molar-refractivity contribution in [2.75, 3.05) is 0 Å². The summed E-state index contributed by atoms with van der Waals surface area (Å²) in [5.41, 5.74) is 8.12. The summed E-state index contributed by atoms with van der Waals surface area (Å²) in [6, 6.07) is 7.90. The van der Waals surface area contributed by atoms with E-state index in [0.717, 1.165) is 12.0 Å². The number of nitrogens with zero attached hydrogens (tertiary/aromatic N) is 3. The molecular weight excluding hydrogens is 304 g/mol. The molecule has 0 aliphatic rings. The van der Waals surface area contributed by atoms with Gasteiger partial charge in [-0.25, -0.2) is 9.98 Å². The van der Waals surface area contributed by atoms with E-state index >= 15 is 0 Å². The lowest BCUT2D eigenvalue weighted by Gasteiger charge is -1.96. The number of hydrogen-bond donors (Lipinski definition) is 1. The SMILES string of the molecule is C/C=C/SC(N)=Nc1cc(C)ccn1.CCCc1cccnc1. The van der Waals surface area contributed by atoms with Crippen LogP contribution < -0.4 is 5.73 Å². The highest BCUT2D eigenvalue weighted by molar-refractivity contribution is 8.16. The van der Waals surface area contributed by atoms with Crippen molar-refractivity contribution in [1.29, 1.82) is 0 Å². The third-order valence-corrected chi connectivity index (χ3v) is 3.45. The fourth-order valence-corrected chi connectivity index (χ4v) is 2.11. The summed E-state index contributed by atoms with van der Waals surface area (Å²) in [4.78, 5) is 12.2. The van der Waals surface area contributed by atoms with Gasteiger partial charge in [0.25, 0.3) is 0 Å². The van der Waals surface area contributed by atoms with Crippen LogP contribution in [0.15, 0.2) is 59.3 Å². The van der Waals surface area contributed by atoms with Crippen molar-refractivity contribution in [3.8, 4) is 0 Å². The first kappa shape index (κ1) is 18.9. The monoisotopic (exact) mass is 328 g/mol. The molecule has 0 saturated carbocycles.